The molecule has 1 aromatic carbocycles. The molecule has 2 nitrogen and oxygen atoms in total. The number of nitrogens with two attached hydrogens (primary N) is 1. The van der Waals surface area contributed by atoms with Crippen LogP contribution in [0.4, 0.5) is 5.69 Å². The Bertz CT molecular complexity index is 351. The van der Waals surface area contributed by atoms with Crippen LogP contribution in [0, 0.1) is 0 Å². The molecule has 1 aromatic rings. The quantitative estimate of drug-likeness (QED) is 0.855. The van der Waals surface area contributed by atoms with Crippen LogP contribution in [0.25, 0.3) is 0 Å². The van der Waals surface area contributed by atoms with Crippen molar-refractivity contribution in [2.75, 3.05) is 18.0 Å². The molecule has 0 radical (unpaired) electrons. The van der Waals surface area contributed by atoms with Crippen molar-refractivity contribution < 1.29 is 0 Å². The van der Waals surface area contributed by atoms with Crippen LogP contribution < -0.4 is 10.6 Å². The van der Waals surface area contributed by atoms with Gasteiger partial charge in [-0.15, -0.1) is 0 Å². The van der Waals surface area contributed by atoms with Crippen molar-refractivity contribution in [2.24, 2.45) is 5.73 Å². The van der Waals surface area contributed by atoms with Gasteiger partial charge in [-0.25, -0.2) is 0 Å². The van der Waals surface area contributed by atoms with E-state index in [4.69, 9.17) is 17.3 Å². The van der Waals surface area contributed by atoms with Gasteiger partial charge in [0.05, 0.1) is 0 Å². The Morgan fingerprint density at radius 1 is 1.53 bits per heavy atom. The number of likely N-dealkylation sites (N-methyl/N-ethyl adjacent to an activating group) is 1. The lowest BCUT2D eigenvalue weighted by atomic mass is 10.1. The number of hydrogen-bond donors (Lipinski definition) is 1. The van der Waals surface area contributed by atoms with Crippen molar-refractivity contribution in [3.05, 3.63) is 28.8 Å². The molecule has 82 valence electrons. The summed E-state index contributed by atoms with van der Waals surface area (Å²) in [5.74, 6) is 0. The minimum absolute atomic E-state index is 0.563. The molecule has 1 unspecified atom stereocenters. The summed E-state index contributed by atoms with van der Waals surface area (Å²) >= 11 is 6.00. The maximum Gasteiger partial charge on any atom is 0.0410 e. The molecule has 0 saturated heterocycles. The Morgan fingerprint density at radius 3 is 3.00 bits per heavy atom. The van der Waals surface area contributed by atoms with Gasteiger partial charge in [0.15, 0.2) is 0 Å². The van der Waals surface area contributed by atoms with E-state index >= 15 is 0 Å². The van der Waals surface area contributed by atoms with Crippen LogP contribution in [-0.2, 0) is 6.42 Å². The standard InChI is InChI=1S/C12H17ClN2/c1-2-15-11(5-6-14)8-9-7-10(13)3-4-12(9)15/h3-4,7,11H,2,5-6,8,14H2,1H3. The van der Waals surface area contributed by atoms with Gasteiger partial charge >= 0.3 is 0 Å². The van der Waals surface area contributed by atoms with E-state index < -0.39 is 0 Å². The van der Waals surface area contributed by atoms with Gasteiger partial charge in [-0.05, 0) is 50.1 Å². The molecule has 15 heavy (non-hydrogen) atoms. The van der Waals surface area contributed by atoms with E-state index in [-0.39, 0.29) is 0 Å². The zero-order valence-electron chi connectivity index (χ0n) is 9.04. The van der Waals surface area contributed by atoms with E-state index in [1.807, 2.05) is 6.07 Å². The van der Waals surface area contributed by atoms with Crippen LogP contribution in [0.5, 0.6) is 0 Å². The minimum atomic E-state index is 0.563. The topological polar surface area (TPSA) is 29.3 Å². The summed E-state index contributed by atoms with van der Waals surface area (Å²) in [6, 6.07) is 6.73. The molecule has 0 aromatic heterocycles. The lowest BCUT2D eigenvalue weighted by molar-refractivity contribution is 0.593. The highest BCUT2D eigenvalue weighted by Gasteiger charge is 2.27. The fourth-order valence-electron chi connectivity index (χ4n) is 2.44. The number of halogens is 1. The molecule has 3 heteroatoms. The Kier molecular flexibility index (Phi) is 3.17. The second-order valence-electron chi connectivity index (χ2n) is 3.99. The first-order chi connectivity index (χ1) is 7.26. The Hall–Kier alpha value is -0.730. The third-order valence-corrected chi connectivity index (χ3v) is 3.32. The fourth-order valence-corrected chi connectivity index (χ4v) is 2.63. The SMILES string of the molecule is CCN1c2ccc(Cl)cc2CC1CCN. The van der Waals surface area contributed by atoms with Crippen molar-refractivity contribution in [2.45, 2.75) is 25.8 Å². The summed E-state index contributed by atoms with van der Waals surface area (Å²) < 4.78 is 0. The average Bonchev–Trinajstić information content (AvgIpc) is 2.54. The number of anilines is 1. The van der Waals surface area contributed by atoms with E-state index in [1.54, 1.807) is 0 Å². The minimum Gasteiger partial charge on any atom is -0.368 e. The van der Waals surface area contributed by atoms with Gasteiger partial charge in [-0.3, -0.25) is 0 Å². The maximum atomic E-state index is 6.00. The van der Waals surface area contributed by atoms with Crippen LogP contribution >= 0.6 is 11.6 Å². The number of benzene rings is 1. The molecule has 0 amide bonds. The molecule has 1 atom stereocenters. The molecule has 2 rings (SSSR count). The van der Waals surface area contributed by atoms with Gasteiger partial charge in [-0.2, -0.15) is 0 Å². The highest BCUT2D eigenvalue weighted by atomic mass is 35.5. The van der Waals surface area contributed by atoms with Crippen molar-refractivity contribution >= 4 is 17.3 Å². The number of fused-ring (bicyclic) bond motifs is 1. The first-order valence-corrected chi connectivity index (χ1v) is 5.89. The third-order valence-electron chi connectivity index (χ3n) is 3.09. The highest BCUT2D eigenvalue weighted by Crippen LogP contribution is 2.34. The first-order valence-electron chi connectivity index (χ1n) is 5.51. The van der Waals surface area contributed by atoms with E-state index in [2.05, 4.69) is 24.0 Å². The van der Waals surface area contributed by atoms with Gasteiger partial charge in [0.1, 0.15) is 0 Å². The molecule has 1 aliphatic rings. The Labute approximate surface area is 96.0 Å². The summed E-state index contributed by atoms with van der Waals surface area (Å²) in [6.07, 6.45) is 2.14. The van der Waals surface area contributed by atoms with Crippen LogP contribution in [0.1, 0.15) is 18.9 Å². The number of nitrogens with zero attached hydrogens (tertiary/aromatic N) is 1. The second kappa shape index (κ2) is 4.42. The van der Waals surface area contributed by atoms with E-state index in [0.29, 0.717) is 6.04 Å². The smallest absolute Gasteiger partial charge is 0.0410 e. The van der Waals surface area contributed by atoms with Crippen LogP contribution in [0.3, 0.4) is 0 Å². The van der Waals surface area contributed by atoms with Crippen molar-refractivity contribution in [1.82, 2.24) is 0 Å². The predicted molar refractivity (Wildman–Crippen MR) is 65.6 cm³/mol. The summed E-state index contributed by atoms with van der Waals surface area (Å²) in [7, 11) is 0. The number of hydrogen-bond acceptors (Lipinski definition) is 2. The molecular weight excluding hydrogens is 208 g/mol. The summed E-state index contributed by atoms with van der Waals surface area (Å²) in [4.78, 5) is 2.43. The third kappa shape index (κ3) is 1.97. The first kappa shape index (κ1) is 10.8. The monoisotopic (exact) mass is 224 g/mol. The summed E-state index contributed by atoms with van der Waals surface area (Å²) in [5, 5.41) is 0.832. The van der Waals surface area contributed by atoms with Gasteiger partial charge < -0.3 is 10.6 Å². The molecule has 0 fully saturated rings. The Balaban J connectivity index is 2.28. The van der Waals surface area contributed by atoms with E-state index in [1.165, 1.54) is 11.3 Å². The highest BCUT2D eigenvalue weighted by molar-refractivity contribution is 6.30. The average molecular weight is 225 g/mol. The van der Waals surface area contributed by atoms with Crippen molar-refractivity contribution in [3.8, 4) is 0 Å². The van der Waals surface area contributed by atoms with Crippen LogP contribution in [-0.4, -0.2) is 19.1 Å². The summed E-state index contributed by atoms with van der Waals surface area (Å²) in [5.41, 5.74) is 8.33. The fraction of sp³-hybridized carbons (Fsp3) is 0.500. The predicted octanol–water partition coefficient (Wildman–Crippen LogP) is 2.44. The molecule has 1 heterocycles. The van der Waals surface area contributed by atoms with Crippen LogP contribution in [0.15, 0.2) is 18.2 Å². The van der Waals surface area contributed by atoms with Gasteiger partial charge in [0.2, 0.25) is 0 Å². The van der Waals surface area contributed by atoms with E-state index in [0.717, 1.165) is 31.0 Å². The Morgan fingerprint density at radius 2 is 2.33 bits per heavy atom. The zero-order valence-corrected chi connectivity index (χ0v) is 9.80. The van der Waals surface area contributed by atoms with Gasteiger partial charge in [0.25, 0.3) is 0 Å². The summed E-state index contributed by atoms with van der Waals surface area (Å²) in [6.45, 7) is 3.98. The number of rotatable bonds is 3. The van der Waals surface area contributed by atoms with Crippen molar-refractivity contribution in [3.63, 3.8) is 0 Å². The van der Waals surface area contributed by atoms with Gasteiger partial charge in [0, 0.05) is 23.3 Å². The molecule has 2 N–H and O–H groups in total. The molecule has 0 aliphatic carbocycles. The maximum absolute atomic E-state index is 6.00. The lowest BCUT2D eigenvalue weighted by Crippen LogP contribution is -2.33. The van der Waals surface area contributed by atoms with E-state index in [9.17, 15) is 0 Å². The second-order valence-corrected chi connectivity index (χ2v) is 4.43. The lowest BCUT2D eigenvalue weighted by Gasteiger charge is -2.25. The van der Waals surface area contributed by atoms with Crippen molar-refractivity contribution in [1.29, 1.82) is 0 Å². The zero-order chi connectivity index (χ0) is 10.8. The van der Waals surface area contributed by atoms with Gasteiger partial charge in [-0.1, -0.05) is 11.6 Å². The molecule has 1 aliphatic heterocycles. The molecular formula is C12H17ClN2. The normalized spacial score (nSPS) is 19.4. The molecule has 0 saturated carbocycles. The molecule has 0 spiro atoms. The molecule has 0 bridgehead atoms. The largest absolute Gasteiger partial charge is 0.368 e. The van der Waals surface area contributed by atoms with Crippen LogP contribution in [0.2, 0.25) is 5.02 Å².